The number of nitrogens with one attached hydrogen (secondary N) is 1. The predicted molar refractivity (Wildman–Crippen MR) is 134 cm³/mol. The van der Waals surface area contributed by atoms with Gasteiger partial charge in [-0.2, -0.15) is 0 Å². The number of methoxy groups -OCH3 is 1. The Bertz CT molecular complexity index is 1310. The van der Waals surface area contributed by atoms with Crippen LogP contribution >= 0.6 is 23.4 Å². The van der Waals surface area contributed by atoms with E-state index in [2.05, 4.69) is 22.1 Å². The molecule has 0 saturated heterocycles. The Hall–Kier alpha value is -2.82. The number of hydrogen-bond donors (Lipinski definition) is 1. The summed E-state index contributed by atoms with van der Waals surface area (Å²) in [7, 11) is -2.12. The normalized spacial score (nSPS) is 11.3. The molecule has 8 nitrogen and oxygen atoms in total. The highest BCUT2D eigenvalue weighted by Gasteiger charge is 2.22. The van der Waals surface area contributed by atoms with Gasteiger partial charge in [-0.25, -0.2) is 8.42 Å². The lowest BCUT2D eigenvalue weighted by Gasteiger charge is -2.12. The van der Waals surface area contributed by atoms with Crippen molar-refractivity contribution >= 4 is 44.8 Å². The molecule has 0 atom stereocenters. The first-order valence-corrected chi connectivity index (χ1v) is 13.3. The maximum absolute atomic E-state index is 12.9. The Labute approximate surface area is 208 Å². The number of anilines is 1. The van der Waals surface area contributed by atoms with Gasteiger partial charge >= 0.3 is 0 Å². The maximum atomic E-state index is 12.9. The van der Waals surface area contributed by atoms with Gasteiger partial charge in [-0.3, -0.25) is 4.79 Å². The highest BCUT2D eigenvalue weighted by molar-refractivity contribution is 7.99. The zero-order valence-corrected chi connectivity index (χ0v) is 21.4. The molecule has 0 aliphatic carbocycles. The molecule has 1 N–H and O–H groups in total. The zero-order chi connectivity index (χ0) is 24.9. The number of hydrogen-bond acceptors (Lipinski definition) is 7. The Morgan fingerprint density at radius 3 is 2.59 bits per heavy atom. The number of halogens is 1. The van der Waals surface area contributed by atoms with Crippen LogP contribution in [0.15, 0.2) is 59.1 Å². The zero-order valence-electron chi connectivity index (χ0n) is 19.0. The number of rotatable bonds is 10. The highest BCUT2D eigenvalue weighted by atomic mass is 35.5. The van der Waals surface area contributed by atoms with Gasteiger partial charge in [-0.05, 0) is 37.6 Å². The molecular weight excluding hydrogens is 496 g/mol. The molecule has 0 unspecified atom stereocenters. The molecule has 3 aromatic rings. The molecule has 3 rings (SSSR count). The first kappa shape index (κ1) is 25.8. The van der Waals surface area contributed by atoms with E-state index >= 15 is 0 Å². The fraction of sp³-hybridized carbons (Fsp3) is 0.261. The van der Waals surface area contributed by atoms with Gasteiger partial charge in [0.2, 0.25) is 5.91 Å². The summed E-state index contributed by atoms with van der Waals surface area (Å²) < 4.78 is 32.7. The Kier molecular flexibility index (Phi) is 8.40. The van der Waals surface area contributed by atoms with Gasteiger partial charge in [-0.15, -0.1) is 16.8 Å². The second kappa shape index (κ2) is 11.1. The number of carbonyl (C=O) groups excluding carboxylic acids is 1. The molecule has 0 aliphatic heterocycles. The summed E-state index contributed by atoms with van der Waals surface area (Å²) >= 11 is 7.27. The van der Waals surface area contributed by atoms with Gasteiger partial charge in [0.15, 0.2) is 15.0 Å². The predicted octanol–water partition coefficient (Wildman–Crippen LogP) is 4.45. The fourth-order valence-corrected chi connectivity index (χ4v) is 5.28. The lowest BCUT2D eigenvalue weighted by atomic mass is 10.2. The van der Waals surface area contributed by atoms with Crippen LogP contribution in [-0.2, 0) is 26.9 Å². The second-order valence-corrected chi connectivity index (χ2v) is 10.8. The summed E-state index contributed by atoms with van der Waals surface area (Å²) in [6, 6.07) is 10.0. The van der Waals surface area contributed by atoms with Crippen LogP contribution in [0.1, 0.15) is 17.0 Å². The smallest absolute Gasteiger partial charge is 0.234 e. The van der Waals surface area contributed by atoms with Crippen molar-refractivity contribution in [3.63, 3.8) is 0 Å². The maximum Gasteiger partial charge on any atom is 0.234 e. The van der Waals surface area contributed by atoms with Crippen LogP contribution in [-0.4, -0.2) is 42.0 Å². The van der Waals surface area contributed by atoms with E-state index < -0.39 is 9.84 Å². The third-order valence-electron chi connectivity index (χ3n) is 4.89. The van der Waals surface area contributed by atoms with Gasteiger partial charge in [-0.1, -0.05) is 47.1 Å². The van der Waals surface area contributed by atoms with Crippen LogP contribution < -0.4 is 10.1 Å². The highest BCUT2D eigenvalue weighted by Crippen LogP contribution is 2.31. The van der Waals surface area contributed by atoms with Crippen molar-refractivity contribution in [2.75, 3.05) is 18.2 Å². The van der Waals surface area contributed by atoms with Gasteiger partial charge in [0.25, 0.3) is 0 Å². The van der Waals surface area contributed by atoms with Crippen LogP contribution in [0.3, 0.4) is 0 Å². The monoisotopic (exact) mass is 520 g/mol. The largest absolute Gasteiger partial charge is 0.495 e. The Morgan fingerprint density at radius 2 is 1.94 bits per heavy atom. The third kappa shape index (κ3) is 6.19. The standard InChI is InChI=1S/C23H25ClN4O4S2/c1-5-10-28-21(14-34(30,31)17-8-6-15(2)7-9-17)26-27-23(28)33-13-22(29)25-19-11-16(3)18(24)12-20(19)32-4/h5-9,11-12H,1,10,13-14H2,2-4H3,(H,25,29). The van der Waals surface area contributed by atoms with E-state index in [-0.39, 0.29) is 28.1 Å². The van der Waals surface area contributed by atoms with Crippen LogP contribution in [0.4, 0.5) is 5.69 Å². The summed E-state index contributed by atoms with van der Waals surface area (Å²) in [6.07, 6.45) is 1.62. The minimum Gasteiger partial charge on any atom is -0.495 e. The van der Waals surface area contributed by atoms with Crippen LogP contribution in [0.2, 0.25) is 5.02 Å². The summed E-state index contributed by atoms with van der Waals surface area (Å²) in [5.74, 6) is 0.160. The molecule has 0 fully saturated rings. The fourth-order valence-electron chi connectivity index (χ4n) is 3.09. The van der Waals surface area contributed by atoms with Crippen LogP contribution in [0.25, 0.3) is 0 Å². The number of aryl methyl sites for hydroxylation is 2. The third-order valence-corrected chi connectivity index (χ3v) is 7.89. The van der Waals surface area contributed by atoms with Crippen LogP contribution in [0, 0.1) is 13.8 Å². The number of aromatic nitrogens is 3. The summed E-state index contributed by atoms with van der Waals surface area (Å²) in [5, 5.41) is 11.9. The molecule has 0 spiro atoms. The van der Waals surface area contributed by atoms with Crippen molar-refractivity contribution < 1.29 is 17.9 Å². The molecule has 0 bridgehead atoms. The van der Waals surface area contributed by atoms with Crippen molar-refractivity contribution in [3.8, 4) is 5.75 Å². The molecule has 0 radical (unpaired) electrons. The van der Waals surface area contributed by atoms with Gasteiger partial charge in [0, 0.05) is 17.6 Å². The summed E-state index contributed by atoms with van der Waals surface area (Å²) in [6.45, 7) is 7.75. The van der Waals surface area contributed by atoms with E-state index in [4.69, 9.17) is 16.3 Å². The van der Waals surface area contributed by atoms with Gasteiger partial charge in [0.1, 0.15) is 17.3 Å². The average molecular weight is 521 g/mol. The molecule has 180 valence electrons. The number of thioether (sulfide) groups is 1. The molecular formula is C23H25ClN4O4S2. The minimum absolute atomic E-state index is 0.0326. The van der Waals surface area contributed by atoms with E-state index in [1.54, 1.807) is 47.0 Å². The molecule has 1 heterocycles. The molecule has 1 aromatic heterocycles. The SMILES string of the molecule is C=CCn1c(CS(=O)(=O)c2ccc(C)cc2)nnc1SCC(=O)Nc1cc(C)c(Cl)cc1OC. The van der Waals surface area contributed by atoms with E-state index in [9.17, 15) is 13.2 Å². The van der Waals surface area contributed by atoms with Crippen molar-refractivity contribution in [2.24, 2.45) is 0 Å². The number of benzene rings is 2. The van der Waals surface area contributed by atoms with Crippen molar-refractivity contribution in [1.29, 1.82) is 0 Å². The number of nitrogens with zero attached hydrogens (tertiary/aromatic N) is 3. The molecule has 0 aliphatic rings. The number of amides is 1. The number of allylic oxidation sites excluding steroid dienone is 1. The Morgan fingerprint density at radius 1 is 1.24 bits per heavy atom. The number of sulfone groups is 1. The summed E-state index contributed by atoms with van der Waals surface area (Å²) in [4.78, 5) is 12.8. The number of ether oxygens (including phenoxy) is 1. The van der Waals surface area contributed by atoms with Crippen molar-refractivity contribution in [2.45, 2.75) is 36.2 Å². The quantitative estimate of drug-likeness (QED) is 0.311. The second-order valence-electron chi connectivity index (χ2n) is 7.51. The lowest BCUT2D eigenvalue weighted by Crippen LogP contribution is -2.16. The first-order valence-electron chi connectivity index (χ1n) is 10.2. The van der Waals surface area contributed by atoms with E-state index in [0.717, 1.165) is 22.9 Å². The topological polar surface area (TPSA) is 103 Å². The molecule has 2 aromatic carbocycles. The number of carbonyl (C=O) groups is 1. The van der Waals surface area contributed by atoms with Gasteiger partial charge in [0.05, 0.1) is 23.4 Å². The van der Waals surface area contributed by atoms with Gasteiger partial charge < -0.3 is 14.6 Å². The lowest BCUT2D eigenvalue weighted by molar-refractivity contribution is -0.113. The van der Waals surface area contributed by atoms with Crippen molar-refractivity contribution in [3.05, 3.63) is 71.0 Å². The molecule has 11 heteroatoms. The molecule has 1 amide bonds. The first-order chi connectivity index (χ1) is 16.1. The van der Waals surface area contributed by atoms with E-state index in [1.807, 2.05) is 13.8 Å². The van der Waals surface area contributed by atoms with E-state index in [0.29, 0.717) is 28.2 Å². The molecule has 0 saturated carbocycles. The van der Waals surface area contributed by atoms with Crippen LogP contribution in [0.5, 0.6) is 5.75 Å². The Balaban J connectivity index is 1.73. The molecule has 34 heavy (non-hydrogen) atoms. The van der Waals surface area contributed by atoms with Crippen molar-refractivity contribution in [1.82, 2.24) is 14.8 Å². The average Bonchev–Trinajstić information content (AvgIpc) is 3.15. The minimum atomic E-state index is -3.62. The summed E-state index contributed by atoms with van der Waals surface area (Å²) in [5.41, 5.74) is 2.28. The van der Waals surface area contributed by atoms with E-state index in [1.165, 1.54) is 7.11 Å².